The van der Waals surface area contributed by atoms with Crippen LogP contribution in [0.1, 0.15) is 25.8 Å². The summed E-state index contributed by atoms with van der Waals surface area (Å²) in [6, 6.07) is 18.6. The second-order valence-corrected chi connectivity index (χ2v) is 12.1. The van der Waals surface area contributed by atoms with Crippen molar-refractivity contribution in [2.75, 3.05) is 17.4 Å². The number of nitrogens with zero attached hydrogens (tertiary/aromatic N) is 2. The molecule has 3 rings (SSSR count). The van der Waals surface area contributed by atoms with Crippen LogP contribution in [0.3, 0.4) is 0 Å². The number of carbonyl (C=O) groups is 2. The van der Waals surface area contributed by atoms with Crippen LogP contribution in [0.4, 0.5) is 5.69 Å². The molecular formula is C27H28BrCl2N3O4S. The van der Waals surface area contributed by atoms with E-state index in [0.29, 0.717) is 6.54 Å². The molecule has 202 valence electrons. The van der Waals surface area contributed by atoms with Gasteiger partial charge < -0.3 is 10.2 Å². The Balaban J connectivity index is 2.02. The van der Waals surface area contributed by atoms with Gasteiger partial charge in [0.15, 0.2) is 0 Å². The van der Waals surface area contributed by atoms with Crippen LogP contribution in [0.25, 0.3) is 0 Å². The maximum Gasteiger partial charge on any atom is 0.264 e. The molecule has 0 radical (unpaired) electrons. The summed E-state index contributed by atoms with van der Waals surface area (Å²) in [6.07, 6.45) is 0.736. The number of halogens is 3. The topological polar surface area (TPSA) is 86.8 Å². The third kappa shape index (κ3) is 7.50. The average Bonchev–Trinajstić information content (AvgIpc) is 2.91. The molecule has 38 heavy (non-hydrogen) atoms. The van der Waals surface area contributed by atoms with E-state index < -0.39 is 28.5 Å². The molecular weight excluding hydrogens is 613 g/mol. The molecule has 2 amide bonds. The first-order valence-electron chi connectivity index (χ1n) is 11.9. The molecule has 3 aromatic rings. The minimum absolute atomic E-state index is 0.00655. The maximum absolute atomic E-state index is 13.8. The largest absolute Gasteiger partial charge is 0.354 e. The van der Waals surface area contributed by atoms with E-state index in [2.05, 4.69) is 21.2 Å². The normalized spacial score (nSPS) is 12.0. The van der Waals surface area contributed by atoms with Crippen LogP contribution in [0, 0.1) is 0 Å². The summed E-state index contributed by atoms with van der Waals surface area (Å²) < 4.78 is 29.3. The minimum Gasteiger partial charge on any atom is -0.354 e. The van der Waals surface area contributed by atoms with E-state index in [-0.39, 0.29) is 33.1 Å². The molecule has 7 nitrogen and oxygen atoms in total. The monoisotopic (exact) mass is 639 g/mol. The molecule has 0 aliphatic rings. The number of carbonyl (C=O) groups excluding carboxylic acids is 2. The van der Waals surface area contributed by atoms with Crippen molar-refractivity contribution in [1.82, 2.24) is 10.2 Å². The number of amides is 2. The summed E-state index contributed by atoms with van der Waals surface area (Å²) in [7, 11) is -4.17. The van der Waals surface area contributed by atoms with Crippen LogP contribution < -0.4 is 9.62 Å². The SMILES string of the molecule is CCCNC(=O)C(C)N(Cc1ccc(Br)cc1)C(=O)CN(c1ccc(Cl)c(Cl)c1)S(=O)(=O)c1ccccc1. The lowest BCUT2D eigenvalue weighted by Gasteiger charge is -2.32. The van der Waals surface area contributed by atoms with Crippen molar-refractivity contribution in [3.63, 3.8) is 0 Å². The van der Waals surface area contributed by atoms with Gasteiger partial charge in [-0.25, -0.2) is 8.42 Å². The van der Waals surface area contributed by atoms with Crippen molar-refractivity contribution in [3.05, 3.63) is 92.9 Å². The Morgan fingerprint density at radius 3 is 2.24 bits per heavy atom. The highest BCUT2D eigenvalue weighted by Crippen LogP contribution is 2.31. The Hall–Kier alpha value is -2.59. The quantitative estimate of drug-likeness (QED) is 0.283. The number of sulfonamides is 1. The Kier molecular flexibility index (Phi) is 10.6. The lowest BCUT2D eigenvalue weighted by atomic mass is 10.1. The van der Waals surface area contributed by atoms with Gasteiger partial charge in [0.1, 0.15) is 12.6 Å². The van der Waals surface area contributed by atoms with E-state index in [0.717, 1.165) is 20.8 Å². The summed E-state index contributed by atoms with van der Waals surface area (Å²) >= 11 is 15.7. The predicted octanol–water partition coefficient (Wildman–Crippen LogP) is 5.89. The predicted molar refractivity (Wildman–Crippen MR) is 155 cm³/mol. The van der Waals surface area contributed by atoms with Crippen LogP contribution in [-0.4, -0.2) is 44.3 Å². The summed E-state index contributed by atoms with van der Waals surface area (Å²) in [6.45, 7) is 3.56. The fourth-order valence-corrected chi connectivity index (χ4v) is 5.64. The number of anilines is 1. The molecule has 1 N–H and O–H groups in total. The van der Waals surface area contributed by atoms with Crippen molar-refractivity contribution >= 4 is 66.7 Å². The Morgan fingerprint density at radius 1 is 0.974 bits per heavy atom. The van der Waals surface area contributed by atoms with Gasteiger partial charge in [-0.1, -0.05) is 76.4 Å². The highest BCUT2D eigenvalue weighted by atomic mass is 79.9. The van der Waals surface area contributed by atoms with E-state index in [9.17, 15) is 18.0 Å². The number of hydrogen-bond acceptors (Lipinski definition) is 4. The lowest BCUT2D eigenvalue weighted by molar-refractivity contribution is -0.139. The number of nitrogens with one attached hydrogen (secondary N) is 1. The molecule has 1 atom stereocenters. The van der Waals surface area contributed by atoms with Gasteiger partial charge in [-0.15, -0.1) is 0 Å². The number of benzene rings is 3. The number of rotatable bonds is 11. The maximum atomic E-state index is 13.8. The van der Waals surface area contributed by atoms with Gasteiger partial charge in [0, 0.05) is 17.6 Å². The fraction of sp³-hybridized carbons (Fsp3) is 0.259. The molecule has 3 aromatic carbocycles. The molecule has 0 heterocycles. The van der Waals surface area contributed by atoms with Crippen LogP contribution in [0.15, 0.2) is 82.2 Å². The lowest BCUT2D eigenvalue weighted by Crippen LogP contribution is -2.51. The highest BCUT2D eigenvalue weighted by Gasteiger charge is 2.32. The molecule has 0 aliphatic heterocycles. The Morgan fingerprint density at radius 2 is 1.63 bits per heavy atom. The van der Waals surface area contributed by atoms with Crippen LogP contribution in [0.2, 0.25) is 10.0 Å². The van der Waals surface area contributed by atoms with Gasteiger partial charge in [0.2, 0.25) is 11.8 Å². The van der Waals surface area contributed by atoms with E-state index in [1.165, 1.54) is 35.2 Å². The molecule has 0 bridgehead atoms. The molecule has 0 spiro atoms. The Bertz CT molecular complexity index is 1370. The molecule has 0 fully saturated rings. The van der Waals surface area contributed by atoms with Crippen LogP contribution in [0.5, 0.6) is 0 Å². The van der Waals surface area contributed by atoms with Crippen LogP contribution >= 0.6 is 39.1 Å². The van der Waals surface area contributed by atoms with Gasteiger partial charge in [0.05, 0.1) is 20.6 Å². The number of hydrogen-bond donors (Lipinski definition) is 1. The molecule has 11 heteroatoms. The van der Waals surface area contributed by atoms with Gasteiger partial charge in [-0.2, -0.15) is 0 Å². The first-order chi connectivity index (χ1) is 18.0. The average molecular weight is 641 g/mol. The zero-order valence-electron chi connectivity index (χ0n) is 20.9. The van der Waals surface area contributed by atoms with Crippen LogP contribution in [-0.2, 0) is 26.2 Å². The molecule has 0 saturated heterocycles. The third-order valence-corrected chi connectivity index (χ3v) is 8.84. The van der Waals surface area contributed by atoms with Gasteiger partial charge in [-0.3, -0.25) is 13.9 Å². The first-order valence-corrected chi connectivity index (χ1v) is 14.9. The minimum atomic E-state index is -4.17. The van der Waals surface area contributed by atoms with Crippen molar-refractivity contribution in [3.8, 4) is 0 Å². The van der Waals surface area contributed by atoms with E-state index >= 15 is 0 Å². The molecule has 0 saturated carbocycles. The second-order valence-electron chi connectivity index (χ2n) is 8.54. The van der Waals surface area contributed by atoms with E-state index in [4.69, 9.17) is 23.2 Å². The Labute approximate surface area is 241 Å². The summed E-state index contributed by atoms with van der Waals surface area (Å²) in [4.78, 5) is 28.1. The summed E-state index contributed by atoms with van der Waals surface area (Å²) in [5, 5.41) is 3.20. The zero-order valence-corrected chi connectivity index (χ0v) is 24.8. The van der Waals surface area contributed by atoms with E-state index in [1.54, 1.807) is 25.1 Å². The van der Waals surface area contributed by atoms with Crippen molar-refractivity contribution in [2.45, 2.75) is 37.8 Å². The van der Waals surface area contributed by atoms with Crippen molar-refractivity contribution in [1.29, 1.82) is 0 Å². The van der Waals surface area contributed by atoms with Crippen molar-refractivity contribution < 1.29 is 18.0 Å². The molecule has 0 aromatic heterocycles. The molecule has 0 aliphatic carbocycles. The first kappa shape index (κ1) is 30.0. The summed E-state index contributed by atoms with van der Waals surface area (Å²) in [5.74, 6) is -0.887. The fourth-order valence-electron chi connectivity index (χ4n) is 3.65. The summed E-state index contributed by atoms with van der Waals surface area (Å²) in [5.41, 5.74) is 0.951. The van der Waals surface area contributed by atoms with Gasteiger partial charge in [-0.05, 0) is 61.4 Å². The van der Waals surface area contributed by atoms with Gasteiger partial charge in [0.25, 0.3) is 10.0 Å². The standard InChI is InChI=1S/C27H28BrCl2N3O4S/c1-3-15-31-27(35)19(2)32(17-20-9-11-21(28)12-10-20)26(34)18-33(22-13-14-24(29)25(30)16-22)38(36,37)23-7-5-4-6-8-23/h4-14,16,19H,3,15,17-18H2,1-2H3,(H,31,35). The highest BCUT2D eigenvalue weighted by molar-refractivity contribution is 9.10. The van der Waals surface area contributed by atoms with Crippen molar-refractivity contribution in [2.24, 2.45) is 0 Å². The zero-order chi connectivity index (χ0) is 27.9. The third-order valence-electron chi connectivity index (χ3n) is 5.78. The van der Waals surface area contributed by atoms with E-state index in [1.807, 2.05) is 31.2 Å². The van der Waals surface area contributed by atoms with Gasteiger partial charge >= 0.3 is 0 Å². The smallest absolute Gasteiger partial charge is 0.264 e. The molecule has 1 unspecified atom stereocenters. The second kappa shape index (κ2) is 13.5.